The van der Waals surface area contributed by atoms with E-state index in [2.05, 4.69) is 4.72 Å². The topological polar surface area (TPSA) is 72.2 Å². The highest BCUT2D eigenvalue weighted by Crippen LogP contribution is 2.29. The summed E-state index contributed by atoms with van der Waals surface area (Å²) in [5.74, 6) is 0.644. The zero-order chi connectivity index (χ0) is 11.6. The lowest BCUT2D eigenvalue weighted by atomic mass is 10.2. The van der Waals surface area contributed by atoms with Gasteiger partial charge in [-0.05, 0) is 36.5 Å². The second-order valence-electron chi connectivity index (χ2n) is 4.29. The van der Waals surface area contributed by atoms with E-state index in [-0.39, 0.29) is 5.75 Å². The van der Waals surface area contributed by atoms with Gasteiger partial charge in [-0.25, -0.2) is 13.1 Å². The van der Waals surface area contributed by atoms with Crippen molar-refractivity contribution in [2.24, 2.45) is 5.92 Å². The number of nitrogens with two attached hydrogens (primary N) is 1. The molecule has 0 radical (unpaired) electrons. The lowest BCUT2D eigenvalue weighted by Crippen LogP contribution is -2.26. The van der Waals surface area contributed by atoms with Crippen molar-refractivity contribution in [3.63, 3.8) is 0 Å². The lowest BCUT2D eigenvalue weighted by molar-refractivity contribution is 0.577. The standard InChI is InChI=1S/C11H16N2O2S/c12-11-5-3-9(4-6-11)7-13-16(14,15)8-10-1-2-10/h3-6,10,13H,1-2,7-8,12H2. The van der Waals surface area contributed by atoms with E-state index in [9.17, 15) is 8.42 Å². The van der Waals surface area contributed by atoms with Crippen LogP contribution in [-0.4, -0.2) is 14.2 Å². The van der Waals surface area contributed by atoms with Crippen LogP contribution in [0.25, 0.3) is 0 Å². The van der Waals surface area contributed by atoms with Gasteiger partial charge in [0.25, 0.3) is 0 Å². The maximum absolute atomic E-state index is 11.6. The van der Waals surface area contributed by atoms with Gasteiger partial charge in [0.15, 0.2) is 0 Å². The third-order valence-electron chi connectivity index (χ3n) is 2.63. The summed E-state index contributed by atoms with van der Waals surface area (Å²) >= 11 is 0. The molecular weight excluding hydrogens is 224 g/mol. The third kappa shape index (κ3) is 3.50. The quantitative estimate of drug-likeness (QED) is 0.757. The summed E-state index contributed by atoms with van der Waals surface area (Å²) in [6.45, 7) is 0.343. The van der Waals surface area contributed by atoms with Gasteiger partial charge < -0.3 is 5.73 Å². The zero-order valence-electron chi connectivity index (χ0n) is 9.02. The van der Waals surface area contributed by atoms with Crippen molar-refractivity contribution in [1.82, 2.24) is 4.72 Å². The van der Waals surface area contributed by atoms with Gasteiger partial charge in [-0.1, -0.05) is 12.1 Å². The fraction of sp³-hybridized carbons (Fsp3) is 0.455. The molecular formula is C11H16N2O2S. The first kappa shape index (κ1) is 11.4. The number of nitrogens with one attached hydrogen (secondary N) is 1. The zero-order valence-corrected chi connectivity index (χ0v) is 9.83. The van der Waals surface area contributed by atoms with Crippen LogP contribution in [0.4, 0.5) is 5.69 Å². The van der Waals surface area contributed by atoms with Crippen LogP contribution in [-0.2, 0) is 16.6 Å². The molecule has 1 saturated carbocycles. The van der Waals surface area contributed by atoms with E-state index in [1.165, 1.54) is 0 Å². The second kappa shape index (κ2) is 4.43. The van der Waals surface area contributed by atoms with Crippen LogP contribution in [0.2, 0.25) is 0 Å². The Balaban J connectivity index is 1.88. The summed E-state index contributed by atoms with van der Waals surface area (Å²) in [6, 6.07) is 7.19. The normalized spacial score (nSPS) is 16.2. The number of hydrogen-bond donors (Lipinski definition) is 2. The molecule has 0 bridgehead atoms. The summed E-state index contributed by atoms with van der Waals surface area (Å²) < 4.78 is 25.8. The van der Waals surface area contributed by atoms with Crippen LogP contribution in [0.1, 0.15) is 18.4 Å². The first-order valence-electron chi connectivity index (χ1n) is 5.37. The number of nitrogen functional groups attached to an aromatic ring is 1. The van der Waals surface area contributed by atoms with E-state index in [0.717, 1.165) is 18.4 Å². The van der Waals surface area contributed by atoms with Gasteiger partial charge in [-0.2, -0.15) is 0 Å². The van der Waals surface area contributed by atoms with Gasteiger partial charge in [-0.15, -0.1) is 0 Å². The lowest BCUT2D eigenvalue weighted by Gasteiger charge is -2.06. The number of benzene rings is 1. The minimum Gasteiger partial charge on any atom is -0.399 e. The molecule has 16 heavy (non-hydrogen) atoms. The molecule has 4 nitrogen and oxygen atoms in total. The molecule has 1 aliphatic carbocycles. The van der Waals surface area contributed by atoms with E-state index in [4.69, 9.17) is 5.73 Å². The molecule has 0 saturated heterocycles. The van der Waals surface area contributed by atoms with Crippen molar-refractivity contribution >= 4 is 15.7 Å². The van der Waals surface area contributed by atoms with Crippen molar-refractivity contribution in [3.8, 4) is 0 Å². The fourth-order valence-corrected chi connectivity index (χ4v) is 2.94. The smallest absolute Gasteiger partial charge is 0.212 e. The maximum Gasteiger partial charge on any atom is 0.212 e. The first-order chi connectivity index (χ1) is 7.55. The predicted molar refractivity (Wildman–Crippen MR) is 64.2 cm³/mol. The molecule has 1 fully saturated rings. The van der Waals surface area contributed by atoms with E-state index in [1.807, 2.05) is 12.1 Å². The summed E-state index contributed by atoms with van der Waals surface area (Å²) in [7, 11) is -3.11. The molecule has 88 valence electrons. The highest BCUT2D eigenvalue weighted by atomic mass is 32.2. The number of anilines is 1. The van der Waals surface area contributed by atoms with Gasteiger partial charge in [-0.3, -0.25) is 0 Å². The summed E-state index contributed by atoms with van der Waals surface area (Å²) in [4.78, 5) is 0. The molecule has 0 aliphatic heterocycles. The molecule has 0 unspecified atom stereocenters. The first-order valence-corrected chi connectivity index (χ1v) is 7.02. The molecule has 1 aliphatic rings. The Hall–Kier alpha value is -1.07. The average molecular weight is 240 g/mol. The fourth-order valence-electron chi connectivity index (χ4n) is 1.48. The molecule has 3 N–H and O–H groups in total. The van der Waals surface area contributed by atoms with Gasteiger partial charge in [0, 0.05) is 12.2 Å². The number of rotatable bonds is 5. The van der Waals surface area contributed by atoms with Gasteiger partial charge in [0.1, 0.15) is 0 Å². The van der Waals surface area contributed by atoms with Crippen LogP contribution in [0.5, 0.6) is 0 Å². The van der Waals surface area contributed by atoms with Gasteiger partial charge in [0.05, 0.1) is 5.75 Å². The Morgan fingerprint density at radius 1 is 1.25 bits per heavy atom. The molecule has 0 amide bonds. The van der Waals surface area contributed by atoms with Crippen molar-refractivity contribution in [3.05, 3.63) is 29.8 Å². The van der Waals surface area contributed by atoms with Crippen LogP contribution in [0.3, 0.4) is 0 Å². The molecule has 5 heteroatoms. The predicted octanol–water partition coefficient (Wildman–Crippen LogP) is 1.10. The molecule has 0 aromatic heterocycles. The maximum atomic E-state index is 11.6. The monoisotopic (exact) mass is 240 g/mol. The van der Waals surface area contributed by atoms with Crippen molar-refractivity contribution in [2.45, 2.75) is 19.4 Å². The van der Waals surface area contributed by atoms with E-state index in [1.54, 1.807) is 12.1 Å². The van der Waals surface area contributed by atoms with Crippen LogP contribution in [0, 0.1) is 5.92 Å². The van der Waals surface area contributed by atoms with Gasteiger partial charge >= 0.3 is 0 Å². The molecule has 1 aromatic carbocycles. The average Bonchev–Trinajstić information content (AvgIpc) is 3.00. The molecule has 2 rings (SSSR count). The Morgan fingerprint density at radius 2 is 1.88 bits per heavy atom. The third-order valence-corrected chi connectivity index (χ3v) is 4.12. The highest BCUT2D eigenvalue weighted by molar-refractivity contribution is 7.89. The summed E-state index contributed by atoms with van der Waals surface area (Å²) in [6.07, 6.45) is 2.09. The van der Waals surface area contributed by atoms with Crippen LogP contribution in [0.15, 0.2) is 24.3 Å². The SMILES string of the molecule is Nc1ccc(CNS(=O)(=O)CC2CC2)cc1. The highest BCUT2D eigenvalue weighted by Gasteiger charge is 2.27. The largest absolute Gasteiger partial charge is 0.399 e. The Bertz CT molecular complexity index is 449. The van der Waals surface area contributed by atoms with Crippen molar-refractivity contribution < 1.29 is 8.42 Å². The second-order valence-corrected chi connectivity index (χ2v) is 6.14. The van der Waals surface area contributed by atoms with Crippen molar-refractivity contribution in [1.29, 1.82) is 0 Å². The summed E-state index contributed by atoms with van der Waals surface area (Å²) in [5.41, 5.74) is 7.15. The molecule has 0 heterocycles. The number of sulfonamides is 1. The van der Waals surface area contributed by atoms with Gasteiger partial charge in [0.2, 0.25) is 10.0 Å². The van der Waals surface area contributed by atoms with E-state index >= 15 is 0 Å². The number of hydrogen-bond acceptors (Lipinski definition) is 3. The van der Waals surface area contributed by atoms with E-state index < -0.39 is 10.0 Å². The minimum absolute atomic E-state index is 0.266. The Morgan fingerprint density at radius 3 is 2.44 bits per heavy atom. The van der Waals surface area contributed by atoms with Crippen LogP contribution < -0.4 is 10.5 Å². The van der Waals surface area contributed by atoms with Crippen LogP contribution >= 0.6 is 0 Å². The molecule has 1 aromatic rings. The van der Waals surface area contributed by atoms with E-state index in [0.29, 0.717) is 18.2 Å². The Labute approximate surface area is 95.9 Å². The Kier molecular flexibility index (Phi) is 3.16. The summed E-state index contributed by atoms with van der Waals surface area (Å²) in [5, 5.41) is 0. The minimum atomic E-state index is -3.11. The molecule has 0 spiro atoms. The van der Waals surface area contributed by atoms with Crippen molar-refractivity contribution in [2.75, 3.05) is 11.5 Å². The molecule has 0 atom stereocenters.